The summed E-state index contributed by atoms with van der Waals surface area (Å²) in [5.74, 6) is 1.06. The monoisotopic (exact) mass is 460 g/mol. The van der Waals surface area contributed by atoms with Gasteiger partial charge in [-0.05, 0) is 74.6 Å². The number of aryl methyl sites for hydroxylation is 1. The summed E-state index contributed by atoms with van der Waals surface area (Å²) >= 11 is 0. The molecule has 0 atom stereocenters. The highest BCUT2D eigenvalue weighted by Crippen LogP contribution is 2.49. The number of morpholine rings is 1. The van der Waals surface area contributed by atoms with Crippen LogP contribution in [0.2, 0.25) is 0 Å². The molecule has 0 bridgehead atoms. The number of pyridine rings is 2. The summed E-state index contributed by atoms with van der Waals surface area (Å²) < 4.78 is 5.49. The number of aliphatic hydroxyl groups excluding tert-OH is 1. The van der Waals surface area contributed by atoms with E-state index in [0.717, 1.165) is 94.4 Å². The van der Waals surface area contributed by atoms with Crippen LogP contribution >= 0.6 is 0 Å². The SMILES string of the molecule is Cc1cc2c(c(-c3ccc(N4CCC5(CC4)CC(O)C5)nc3)n1)C=C(CCN1CCOCC1)C2. The van der Waals surface area contributed by atoms with Crippen LogP contribution in [0.1, 0.15) is 48.9 Å². The molecule has 2 aliphatic carbocycles. The van der Waals surface area contributed by atoms with Gasteiger partial charge in [-0.3, -0.25) is 9.88 Å². The van der Waals surface area contributed by atoms with Crippen LogP contribution in [0.25, 0.3) is 17.3 Å². The Balaban J connectivity index is 1.15. The Morgan fingerprint density at radius 2 is 1.91 bits per heavy atom. The van der Waals surface area contributed by atoms with E-state index in [1.54, 1.807) is 0 Å². The lowest BCUT2D eigenvalue weighted by Gasteiger charge is -2.50. The minimum atomic E-state index is -0.0681. The van der Waals surface area contributed by atoms with E-state index in [2.05, 4.69) is 41.0 Å². The van der Waals surface area contributed by atoms with Crippen molar-refractivity contribution >= 4 is 11.9 Å². The van der Waals surface area contributed by atoms with E-state index in [0.29, 0.717) is 5.41 Å². The van der Waals surface area contributed by atoms with Gasteiger partial charge in [-0.25, -0.2) is 4.98 Å². The zero-order chi connectivity index (χ0) is 23.1. The number of ether oxygens (including phenoxy) is 1. The average Bonchev–Trinajstić information content (AvgIpc) is 3.25. The molecule has 4 aliphatic rings. The first-order valence-corrected chi connectivity index (χ1v) is 13.0. The first kappa shape index (κ1) is 22.2. The van der Waals surface area contributed by atoms with Crippen molar-refractivity contribution in [3.8, 4) is 11.3 Å². The van der Waals surface area contributed by atoms with Crippen molar-refractivity contribution in [2.24, 2.45) is 5.41 Å². The molecule has 6 rings (SSSR count). The number of aromatic nitrogens is 2. The second kappa shape index (κ2) is 9.06. The third-order valence-corrected chi connectivity index (χ3v) is 8.40. The molecule has 2 saturated heterocycles. The summed E-state index contributed by atoms with van der Waals surface area (Å²) in [5, 5.41) is 9.74. The smallest absolute Gasteiger partial charge is 0.128 e. The second-order valence-electron chi connectivity index (χ2n) is 10.8. The quantitative estimate of drug-likeness (QED) is 0.731. The molecule has 1 N–H and O–H groups in total. The Bertz CT molecular complexity index is 1060. The number of fused-ring (bicyclic) bond motifs is 1. The van der Waals surface area contributed by atoms with E-state index < -0.39 is 0 Å². The summed E-state index contributed by atoms with van der Waals surface area (Å²) in [4.78, 5) is 14.7. The highest BCUT2D eigenvalue weighted by molar-refractivity contribution is 5.78. The van der Waals surface area contributed by atoms with Crippen molar-refractivity contribution < 1.29 is 9.84 Å². The van der Waals surface area contributed by atoms with Crippen LogP contribution in [-0.2, 0) is 11.2 Å². The number of anilines is 1. The molecule has 0 aromatic carbocycles. The van der Waals surface area contributed by atoms with Crippen LogP contribution in [0, 0.1) is 12.3 Å². The molecule has 2 aromatic heterocycles. The van der Waals surface area contributed by atoms with Gasteiger partial charge >= 0.3 is 0 Å². The minimum absolute atomic E-state index is 0.0681. The van der Waals surface area contributed by atoms with Gasteiger partial charge in [0, 0.05) is 55.7 Å². The van der Waals surface area contributed by atoms with Crippen LogP contribution in [0.3, 0.4) is 0 Å². The van der Waals surface area contributed by atoms with Gasteiger partial charge in [0.1, 0.15) is 5.82 Å². The first-order valence-electron chi connectivity index (χ1n) is 13.0. The van der Waals surface area contributed by atoms with Crippen molar-refractivity contribution in [2.45, 2.75) is 51.6 Å². The van der Waals surface area contributed by atoms with Crippen LogP contribution in [0.15, 0.2) is 30.0 Å². The molecule has 1 saturated carbocycles. The zero-order valence-corrected chi connectivity index (χ0v) is 20.3. The Morgan fingerprint density at radius 3 is 2.62 bits per heavy atom. The molecular weight excluding hydrogens is 424 g/mol. The number of piperidine rings is 1. The molecular formula is C28H36N4O2. The number of nitrogens with zero attached hydrogens (tertiary/aromatic N) is 4. The molecule has 3 fully saturated rings. The summed E-state index contributed by atoms with van der Waals surface area (Å²) in [6.07, 6.45) is 10.8. The molecule has 6 heteroatoms. The predicted molar refractivity (Wildman–Crippen MR) is 135 cm³/mol. The van der Waals surface area contributed by atoms with E-state index in [9.17, 15) is 5.11 Å². The van der Waals surface area contributed by atoms with E-state index in [1.165, 1.54) is 29.5 Å². The normalized spacial score (nSPS) is 22.5. The zero-order valence-electron chi connectivity index (χ0n) is 20.3. The molecule has 4 heterocycles. The molecule has 2 aliphatic heterocycles. The standard InChI is InChI=1S/C28H36N4O2/c1-20-14-23-15-21(4-7-31-10-12-34-13-11-31)16-25(23)27(30-20)22-2-3-26(29-19-22)32-8-5-28(6-9-32)17-24(33)18-28/h2-3,14,16,19,24,33H,4-13,15,17-18H2,1H3. The third kappa shape index (κ3) is 4.39. The van der Waals surface area contributed by atoms with Crippen LogP contribution in [0.5, 0.6) is 0 Å². The van der Waals surface area contributed by atoms with Gasteiger partial charge in [-0.2, -0.15) is 0 Å². The maximum Gasteiger partial charge on any atom is 0.128 e. The lowest BCUT2D eigenvalue weighted by molar-refractivity contribution is -0.0464. The molecule has 6 nitrogen and oxygen atoms in total. The lowest BCUT2D eigenvalue weighted by atomic mass is 9.61. The highest BCUT2D eigenvalue weighted by Gasteiger charge is 2.45. The number of aliphatic hydroxyl groups is 1. The fraction of sp³-hybridized carbons (Fsp3) is 0.571. The molecule has 0 amide bonds. The van der Waals surface area contributed by atoms with Crippen molar-refractivity contribution in [1.82, 2.24) is 14.9 Å². The Morgan fingerprint density at radius 1 is 1.12 bits per heavy atom. The largest absolute Gasteiger partial charge is 0.393 e. The van der Waals surface area contributed by atoms with Crippen LogP contribution in [0.4, 0.5) is 5.82 Å². The van der Waals surface area contributed by atoms with Crippen molar-refractivity contribution in [3.63, 3.8) is 0 Å². The fourth-order valence-electron chi connectivity index (χ4n) is 6.34. The minimum Gasteiger partial charge on any atom is -0.393 e. The Labute approximate surface area is 202 Å². The van der Waals surface area contributed by atoms with Gasteiger partial charge < -0.3 is 14.7 Å². The van der Waals surface area contributed by atoms with Gasteiger partial charge in [0.05, 0.1) is 25.0 Å². The Kier molecular flexibility index (Phi) is 5.92. The predicted octanol–water partition coefficient (Wildman–Crippen LogP) is 3.86. The van der Waals surface area contributed by atoms with Gasteiger partial charge in [-0.1, -0.05) is 11.6 Å². The van der Waals surface area contributed by atoms with Gasteiger partial charge in [0.25, 0.3) is 0 Å². The van der Waals surface area contributed by atoms with Gasteiger partial charge in [0.2, 0.25) is 0 Å². The van der Waals surface area contributed by atoms with Gasteiger partial charge in [0.15, 0.2) is 0 Å². The van der Waals surface area contributed by atoms with E-state index >= 15 is 0 Å². The number of rotatable bonds is 5. The maximum absolute atomic E-state index is 9.74. The summed E-state index contributed by atoms with van der Waals surface area (Å²) in [6.45, 7) is 9.08. The number of hydrogen-bond donors (Lipinski definition) is 1. The third-order valence-electron chi connectivity index (χ3n) is 8.40. The molecule has 0 radical (unpaired) electrons. The molecule has 1 spiro atoms. The average molecular weight is 461 g/mol. The Hall–Kier alpha value is -2.28. The summed E-state index contributed by atoms with van der Waals surface area (Å²) in [6, 6.07) is 6.61. The molecule has 0 unspecified atom stereocenters. The maximum atomic E-state index is 9.74. The van der Waals surface area contributed by atoms with Crippen molar-refractivity contribution in [1.29, 1.82) is 0 Å². The molecule has 2 aromatic rings. The van der Waals surface area contributed by atoms with Gasteiger partial charge in [-0.15, -0.1) is 0 Å². The van der Waals surface area contributed by atoms with Crippen LogP contribution < -0.4 is 4.90 Å². The summed E-state index contributed by atoms with van der Waals surface area (Å²) in [5.41, 5.74) is 7.82. The van der Waals surface area contributed by atoms with Crippen LogP contribution in [-0.4, -0.2) is 72.0 Å². The van der Waals surface area contributed by atoms with E-state index in [1.807, 2.05) is 6.20 Å². The fourth-order valence-corrected chi connectivity index (χ4v) is 6.34. The van der Waals surface area contributed by atoms with Crippen molar-refractivity contribution in [2.75, 3.05) is 50.8 Å². The van der Waals surface area contributed by atoms with E-state index in [4.69, 9.17) is 14.7 Å². The topological polar surface area (TPSA) is 61.7 Å². The molecule has 34 heavy (non-hydrogen) atoms. The first-order chi connectivity index (χ1) is 16.6. The summed E-state index contributed by atoms with van der Waals surface area (Å²) in [7, 11) is 0. The second-order valence-corrected chi connectivity index (χ2v) is 10.8. The highest BCUT2D eigenvalue weighted by atomic mass is 16.5. The molecule has 180 valence electrons. The van der Waals surface area contributed by atoms with Crippen molar-refractivity contribution in [3.05, 3.63) is 46.8 Å². The number of hydrogen-bond acceptors (Lipinski definition) is 6. The van der Waals surface area contributed by atoms with E-state index in [-0.39, 0.29) is 6.10 Å². The lowest BCUT2D eigenvalue weighted by Crippen LogP contribution is -2.49.